The lowest BCUT2D eigenvalue weighted by atomic mass is 10.1. The number of methoxy groups -OCH3 is 1. The Morgan fingerprint density at radius 1 is 1.39 bits per heavy atom. The van der Waals surface area contributed by atoms with Gasteiger partial charge in [-0.05, 0) is 48.0 Å². The standard InChI is InChI=1S/C12H13BrN2O3/c1-12(2,17-3)11-14-10(18-15-11)7-4-5-8(13)9(16)6-7/h4-6,16H,1-3H3. The predicted molar refractivity (Wildman–Crippen MR) is 69.1 cm³/mol. The zero-order chi connectivity index (χ0) is 13.3. The van der Waals surface area contributed by atoms with Crippen LogP contribution in [0.1, 0.15) is 19.7 Å². The second-order valence-electron chi connectivity index (χ2n) is 4.30. The molecule has 0 aliphatic heterocycles. The molecule has 0 saturated carbocycles. The summed E-state index contributed by atoms with van der Waals surface area (Å²) in [4.78, 5) is 4.26. The molecule has 1 N–H and O–H groups in total. The van der Waals surface area contributed by atoms with Gasteiger partial charge in [-0.15, -0.1) is 0 Å². The van der Waals surface area contributed by atoms with Crippen LogP contribution in [0, 0.1) is 0 Å². The summed E-state index contributed by atoms with van der Waals surface area (Å²) in [6.07, 6.45) is 0. The van der Waals surface area contributed by atoms with Crippen molar-refractivity contribution in [2.45, 2.75) is 19.4 Å². The highest BCUT2D eigenvalue weighted by Gasteiger charge is 2.26. The number of phenolic OH excluding ortho intramolecular Hbond substituents is 1. The van der Waals surface area contributed by atoms with Gasteiger partial charge in [0.2, 0.25) is 5.82 Å². The van der Waals surface area contributed by atoms with Gasteiger partial charge in [-0.1, -0.05) is 5.16 Å². The van der Waals surface area contributed by atoms with Crippen molar-refractivity contribution in [2.75, 3.05) is 7.11 Å². The number of aromatic nitrogens is 2. The molecule has 1 aromatic carbocycles. The number of nitrogens with zero attached hydrogens (tertiary/aromatic N) is 2. The Labute approximate surface area is 113 Å². The summed E-state index contributed by atoms with van der Waals surface area (Å²) in [6.45, 7) is 3.70. The van der Waals surface area contributed by atoms with Crippen LogP contribution in [0.5, 0.6) is 5.75 Å². The van der Waals surface area contributed by atoms with Gasteiger partial charge in [-0.3, -0.25) is 0 Å². The lowest BCUT2D eigenvalue weighted by Crippen LogP contribution is -2.21. The normalized spacial score (nSPS) is 11.8. The second kappa shape index (κ2) is 4.70. The van der Waals surface area contributed by atoms with Crippen molar-refractivity contribution in [2.24, 2.45) is 0 Å². The molecular formula is C12H13BrN2O3. The molecule has 0 saturated heterocycles. The number of halogens is 1. The van der Waals surface area contributed by atoms with Crippen molar-refractivity contribution in [1.82, 2.24) is 10.1 Å². The molecule has 0 bridgehead atoms. The van der Waals surface area contributed by atoms with Crippen LogP contribution in [0.4, 0.5) is 0 Å². The molecule has 0 atom stereocenters. The lowest BCUT2D eigenvalue weighted by molar-refractivity contribution is 0.00973. The van der Waals surface area contributed by atoms with E-state index >= 15 is 0 Å². The molecular weight excluding hydrogens is 300 g/mol. The van der Waals surface area contributed by atoms with Crippen LogP contribution >= 0.6 is 15.9 Å². The summed E-state index contributed by atoms with van der Waals surface area (Å²) in [5, 5.41) is 13.5. The molecule has 0 aliphatic carbocycles. The maximum Gasteiger partial charge on any atom is 0.258 e. The molecule has 6 heteroatoms. The van der Waals surface area contributed by atoms with Crippen molar-refractivity contribution in [3.05, 3.63) is 28.5 Å². The lowest BCUT2D eigenvalue weighted by Gasteiger charge is -2.17. The number of benzene rings is 1. The molecule has 0 unspecified atom stereocenters. The Balaban J connectivity index is 2.38. The fourth-order valence-electron chi connectivity index (χ4n) is 1.32. The van der Waals surface area contributed by atoms with Crippen molar-refractivity contribution in [3.8, 4) is 17.2 Å². The number of hydrogen-bond donors (Lipinski definition) is 1. The number of aromatic hydroxyl groups is 1. The summed E-state index contributed by atoms with van der Waals surface area (Å²) in [6, 6.07) is 5.05. The van der Waals surface area contributed by atoms with Gasteiger partial charge in [0.05, 0.1) is 4.47 Å². The SMILES string of the molecule is COC(C)(C)c1noc(-c2ccc(Br)c(O)c2)n1. The first-order chi connectivity index (χ1) is 8.44. The van der Waals surface area contributed by atoms with Crippen LogP contribution in [0.25, 0.3) is 11.5 Å². The molecule has 0 amide bonds. The summed E-state index contributed by atoms with van der Waals surface area (Å²) >= 11 is 3.21. The zero-order valence-corrected chi connectivity index (χ0v) is 11.9. The first kappa shape index (κ1) is 13.0. The molecule has 18 heavy (non-hydrogen) atoms. The molecule has 2 rings (SSSR count). The van der Waals surface area contributed by atoms with Crippen molar-refractivity contribution >= 4 is 15.9 Å². The van der Waals surface area contributed by atoms with E-state index in [9.17, 15) is 5.11 Å². The van der Waals surface area contributed by atoms with Crippen molar-refractivity contribution in [1.29, 1.82) is 0 Å². The maximum absolute atomic E-state index is 9.61. The molecule has 1 aromatic heterocycles. The van der Waals surface area contributed by atoms with Gasteiger partial charge in [-0.25, -0.2) is 0 Å². The summed E-state index contributed by atoms with van der Waals surface area (Å²) in [5.41, 5.74) is 0.0421. The molecule has 0 fully saturated rings. The minimum Gasteiger partial charge on any atom is -0.507 e. The van der Waals surface area contributed by atoms with E-state index in [0.29, 0.717) is 21.8 Å². The molecule has 0 spiro atoms. The number of ether oxygens (including phenoxy) is 1. The largest absolute Gasteiger partial charge is 0.507 e. The maximum atomic E-state index is 9.61. The van der Waals surface area contributed by atoms with E-state index in [4.69, 9.17) is 9.26 Å². The highest BCUT2D eigenvalue weighted by atomic mass is 79.9. The number of rotatable bonds is 3. The highest BCUT2D eigenvalue weighted by Crippen LogP contribution is 2.30. The van der Waals surface area contributed by atoms with Gasteiger partial charge in [-0.2, -0.15) is 4.98 Å². The number of hydrogen-bond acceptors (Lipinski definition) is 5. The summed E-state index contributed by atoms with van der Waals surface area (Å²) < 4.78 is 11.1. The van der Waals surface area contributed by atoms with Crippen molar-refractivity contribution in [3.63, 3.8) is 0 Å². The van der Waals surface area contributed by atoms with Crippen LogP contribution < -0.4 is 0 Å². The van der Waals surface area contributed by atoms with Crippen LogP contribution in [-0.4, -0.2) is 22.4 Å². The molecule has 0 radical (unpaired) electrons. The van der Waals surface area contributed by atoms with Crippen LogP contribution in [0.3, 0.4) is 0 Å². The van der Waals surface area contributed by atoms with E-state index < -0.39 is 5.60 Å². The topological polar surface area (TPSA) is 68.4 Å². The molecule has 5 nitrogen and oxygen atoms in total. The average Bonchev–Trinajstić information content (AvgIpc) is 2.83. The Hall–Kier alpha value is -1.40. The summed E-state index contributed by atoms with van der Waals surface area (Å²) in [5.74, 6) is 0.929. The fourth-order valence-corrected chi connectivity index (χ4v) is 1.57. The quantitative estimate of drug-likeness (QED) is 0.943. The predicted octanol–water partition coefficient (Wildman–Crippen LogP) is 3.09. The van der Waals surface area contributed by atoms with Crippen LogP contribution in [-0.2, 0) is 10.3 Å². The Bertz CT molecular complexity index is 566. The molecule has 1 heterocycles. The average molecular weight is 313 g/mol. The first-order valence-corrected chi connectivity index (χ1v) is 6.11. The smallest absolute Gasteiger partial charge is 0.258 e. The Morgan fingerprint density at radius 2 is 2.11 bits per heavy atom. The fraction of sp³-hybridized carbons (Fsp3) is 0.333. The van der Waals surface area contributed by atoms with E-state index in [1.54, 1.807) is 25.3 Å². The Kier molecular flexibility index (Phi) is 3.41. The molecule has 96 valence electrons. The second-order valence-corrected chi connectivity index (χ2v) is 5.16. The minimum atomic E-state index is -0.612. The number of phenols is 1. The van der Waals surface area contributed by atoms with E-state index in [0.717, 1.165) is 0 Å². The minimum absolute atomic E-state index is 0.123. The van der Waals surface area contributed by atoms with E-state index in [-0.39, 0.29) is 5.75 Å². The van der Waals surface area contributed by atoms with Gasteiger partial charge in [0, 0.05) is 12.7 Å². The van der Waals surface area contributed by atoms with Gasteiger partial charge >= 0.3 is 0 Å². The van der Waals surface area contributed by atoms with Gasteiger partial charge in [0.15, 0.2) is 0 Å². The monoisotopic (exact) mass is 312 g/mol. The van der Waals surface area contributed by atoms with Gasteiger partial charge in [0.25, 0.3) is 5.89 Å². The Morgan fingerprint density at radius 3 is 2.72 bits per heavy atom. The zero-order valence-electron chi connectivity index (χ0n) is 10.3. The molecule has 0 aliphatic rings. The summed E-state index contributed by atoms with van der Waals surface area (Å²) in [7, 11) is 1.58. The highest BCUT2D eigenvalue weighted by molar-refractivity contribution is 9.10. The van der Waals surface area contributed by atoms with Crippen LogP contribution in [0.2, 0.25) is 0 Å². The van der Waals surface area contributed by atoms with Crippen molar-refractivity contribution < 1.29 is 14.4 Å². The third kappa shape index (κ3) is 2.39. The molecule has 2 aromatic rings. The van der Waals surface area contributed by atoms with Gasteiger partial charge < -0.3 is 14.4 Å². The van der Waals surface area contributed by atoms with Gasteiger partial charge in [0.1, 0.15) is 11.4 Å². The van der Waals surface area contributed by atoms with E-state index in [1.807, 2.05) is 13.8 Å². The third-order valence-corrected chi connectivity index (χ3v) is 3.34. The first-order valence-electron chi connectivity index (χ1n) is 5.32. The van der Waals surface area contributed by atoms with E-state index in [1.165, 1.54) is 0 Å². The van der Waals surface area contributed by atoms with E-state index in [2.05, 4.69) is 26.1 Å². The van der Waals surface area contributed by atoms with Crippen LogP contribution in [0.15, 0.2) is 27.2 Å². The third-order valence-electron chi connectivity index (χ3n) is 2.67.